The van der Waals surface area contributed by atoms with Crippen molar-refractivity contribution < 1.29 is 19.0 Å². The van der Waals surface area contributed by atoms with Gasteiger partial charge in [-0.05, 0) is 19.1 Å². The first kappa shape index (κ1) is 22.3. The summed E-state index contributed by atoms with van der Waals surface area (Å²) in [6.45, 7) is 9.21. The lowest BCUT2D eigenvalue weighted by Crippen LogP contribution is -2.39. The molecular formula is C22H30N6O4. The zero-order chi connectivity index (χ0) is 22.2. The zero-order valence-corrected chi connectivity index (χ0v) is 18.4. The quantitative estimate of drug-likeness (QED) is 0.671. The fourth-order valence-electron chi connectivity index (χ4n) is 3.50. The number of nitrogens with one attached hydrogen (secondary N) is 2. The number of benzene rings is 1. The molecule has 10 nitrogen and oxygen atoms in total. The third kappa shape index (κ3) is 6.52. The van der Waals surface area contributed by atoms with Crippen molar-refractivity contribution in [2.24, 2.45) is 0 Å². The van der Waals surface area contributed by atoms with Crippen LogP contribution in [0.3, 0.4) is 0 Å². The van der Waals surface area contributed by atoms with Gasteiger partial charge in [-0.1, -0.05) is 17.7 Å². The lowest BCUT2D eigenvalue weighted by molar-refractivity contribution is 0.0317. The monoisotopic (exact) mass is 442 g/mol. The van der Waals surface area contributed by atoms with Crippen molar-refractivity contribution >= 4 is 23.4 Å². The first-order chi connectivity index (χ1) is 15.7. The van der Waals surface area contributed by atoms with Crippen molar-refractivity contribution in [3.05, 3.63) is 35.9 Å². The van der Waals surface area contributed by atoms with E-state index in [0.717, 1.165) is 51.5 Å². The highest BCUT2D eigenvalue weighted by molar-refractivity contribution is 5.99. The molecule has 0 spiro atoms. The molecule has 0 atom stereocenters. The van der Waals surface area contributed by atoms with Gasteiger partial charge in [0, 0.05) is 44.5 Å². The van der Waals surface area contributed by atoms with Crippen LogP contribution in [0.4, 0.5) is 22.1 Å². The van der Waals surface area contributed by atoms with Gasteiger partial charge in [0.05, 0.1) is 26.4 Å². The molecule has 1 aromatic heterocycles. The van der Waals surface area contributed by atoms with E-state index in [4.69, 9.17) is 14.2 Å². The number of aryl methyl sites for hydroxylation is 1. The van der Waals surface area contributed by atoms with E-state index >= 15 is 0 Å². The van der Waals surface area contributed by atoms with Crippen LogP contribution in [0.2, 0.25) is 0 Å². The van der Waals surface area contributed by atoms with E-state index in [9.17, 15) is 4.79 Å². The van der Waals surface area contributed by atoms with Crippen LogP contribution in [0.25, 0.3) is 0 Å². The third-order valence-electron chi connectivity index (χ3n) is 5.32. The summed E-state index contributed by atoms with van der Waals surface area (Å²) in [5.41, 5.74) is 1.83. The molecular weight excluding hydrogens is 412 g/mol. The molecule has 0 radical (unpaired) electrons. The highest BCUT2D eigenvalue weighted by Gasteiger charge is 2.17. The summed E-state index contributed by atoms with van der Waals surface area (Å²) < 4.78 is 16.7. The predicted molar refractivity (Wildman–Crippen MR) is 122 cm³/mol. The van der Waals surface area contributed by atoms with Gasteiger partial charge in [0.25, 0.3) is 0 Å². The lowest BCUT2D eigenvalue weighted by Gasteiger charge is -2.28. The van der Waals surface area contributed by atoms with Gasteiger partial charge < -0.3 is 24.4 Å². The van der Waals surface area contributed by atoms with E-state index < -0.39 is 0 Å². The number of hydrogen-bond acceptors (Lipinski definition) is 8. The van der Waals surface area contributed by atoms with Gasteiger partial charge in [0.1, 0.15) is 18.2 Å². The fourth-order valence-corrected chi connectivity index (χ4v) is 3.50. The van der Waals surface area contributed by atoms with Gasteiger partial charge in [0.15, 0.2) is 0 Å². The van der Waals surface area contributed by atoms with Crippen LogP contribution >= 0.6 is 0 Å². The minimum absolute atomic E-state index is 0.243. The molecule has 0 bridgehead atoms. The standard InChI is InChI=1S/C22H30N6O4/c1-17-2-4-18(5-3-17)23-21(29)24-19-16-20(28-9-13-31-14-10-28)26-22(25-19)32-15-8-27-6-11-30-12-7-27/h2-5,16H,6-15H2,1H3,(H2,23,24,25,26,29). The molecule has 0 aliphatic carbocycles. The van der Waals surface area contributed by atoms with Gasteiger partial charge in [0.2, 0.25) is 0 Å². The Kier molecular flexibility index (Phi) is 7.70. The van der Waals surface area contributed by atoms with E-state index in [1.807, 2.05) is 31.2 Å². The maximum Gasteiger partial charge on any atom is 0.324 e. The first-order valence-corrected chi connectivity index (χ1v) is 10.9. The van der Waals surface area contributed by atoms with Crippen molar-refractivity contribution in [1.82, 2.24) is 14.9 Å². The molecule has 2 aromatic rings. The van der Waals surface area contributed by atoms with Crippen molar-refractivity contribution in [2.45, 2.75) is 6.92 Å². The summed E-state index contributed by atoms with van der Waals surface area (Å²) in [6, 6.07) is 9.22. The molecule has 4 rings (SSSR count). The Morgan fingerprint density at radius 1 is 1.00 bits per heavy atom. The first-order valence-electron chi connectivity index (χ1n) is 10.9. The second kappa shape index (κ2) is 11.1. The number of urea groups is 1. The van der Waals surface area contributed by atoms with Gasteiger partial charge in [-0.3, -0.25) is 10.2 Å². The number of ether oxygens (including phenoxy) is 3. The number of aromatic nitrogens is 2. The van der Waals surface area contributed by atoms with Crippen molar-refractivity contribution in [2.75, 3.05) is 81.3 Å². The predicted octanol–water partition coefficient (Wildman–Crippen LogP) is 1.98. The molecule has 2 N–H and O–H groups in total. The summed E-state index contributed by atoms with van der Waals surface area (Å²) in [5.74, 6) is 1.09. The van der Waals surface area contributed by atoms with Crippen LogP contribution in [-0.4, -0.2) is 86.7 Å². The van der Waals surface area contributed by atoms with Crippen LogP contribution < -0.4 is 20.3 Å². The molecule has 2 saturated heterocycles. The summed E-state index contributed by atoms with van der Waals surface area (Å²) >= 11 is 0. The highest BCUT2D eigenvalue weighted by Crippen LogP contribution is 2.21. The molecule has 2 aliphatic heterocycles. The van der Waals surface area contributed by atoms with Crippen LogP contribution in [0.1, 0.15) is 5.56 Å². The third-order valence-corrected chi connectivity index (χ3v) is 5.32. The number of nitrogens with zero attached hydrogens (tertiary/aromatic N) is 4. The second-order valence-electron chi connectivity index (χ2n) is 7.74. The van der Waals surface area contributed by atoms with Crippen LogP contribution in [0, 0.1) is 6.92 Å². The molecule has 1 aromatic carbocycles. The summed E-state index contributed by atoms with van der Waals surface area (Å²) in [5, 5.41) is 5.62. The van der Waals surface area contributed by atoms with Gasteiger partial charge in [-0.2, -0.15) is 9.97 Å². The van der Waals surface area contributed by atoms with Gasteiger partial charge >= 0.3 is 12.0 Å². The molecule has 2 aliphatic rings. The smallest absolute Gasteiger partial charge is 0.324 e. The maximum absolute atomic E-state index is 12.5. The van der Waals surface area contributed by atoms with Crippen molar-refractivity contribution in [3.8, 4) is 6.01 Å². The number of morpholine rings is 2. The number of amides is 2. The van der Waals surface area contributed by atoms with Gasteiger partial charge in [-0.15, -0.1) is 0 Å². The van der Waals surface area contributed by atoms with Crippen LogP contribution in [-0.2, 0) is 9.47 Å². The average molecular weight is 443 g/mol. The van der Waals surface area contributed by atoms with Crippen molar-refractivity contribution in [3.63, 3.8) is 0 Å². The Balaban J connectivity index is 1.42. The number of carbonyl (C=O) groups is 1. The molecule has 0 saturated carbocycles. The molecule has 172 valence electrons. The van der Waals surface area contributed by atoms with E-state index in [1.165, 1.54) is 0 Å². The average Bonchev–Trinajstić information content (AvgIpc) is 2.82. The second-order valence-corrected chi connectivity index (χ2v) is 7.74. The Hall–Kier alpha value is -2.95. The minimum Gasteiger partial charge on any atom is -0.462 e. The molecule has 2 fully saturated rings. The molecule has 32 heavy (non-hydrogen) atoms. The van der Waals surface area contributed by atoms with E-state index in [1.54, 1.807) is 6.07 Å². The summed E-state index contributed by atoms with van der Waals surface area (Å²) in [6.07, 6.45) is 0. The maximum atomic E-state index is 12.5. The van der Waals surface area contributed by atoms with Crippen LogP contribution in [0.5, 0.6) is 6.01 Å². The number of anilines is 3. The Morgan fingerprint density at radius 3 is 2.41 bits per heavy atom. The fraction of sp³-hybridized carbons (Fsp3) is 0.500. The largest absolute Gasteiger partial charge is 0.462 e. The molecule has 0 unspecified atom stereocenters. The molecule has 3 heterocycles. The number of carbonyl (C=O) groups excluding carboxylic acids is 1. The SMILES string of the molecule is Cc1ccc(NC(=O)Nc2cc(N3CCOCC3)nc(OCCN3CCOCC3)n2)cc1. The highest BCUT2D eigenvalue weighted by atomic mass is 16.5. The summed E-state index contributed by atoms with van der Waals surface area (Å²) in [4.78, 5) is 25.9. The summed E-state index contributed by atoms with van der Waals surface area (Å²) in [7, 11) is 0. The lowest BCUT2D eigenvalue weighted by atomic mass is 10.2. The van der Waals surface area contributed by atoms with E-state index in [0.29, 0.717) is 37.1 Å². The number of rotatable bonds is 7. The van der Waals surface area contributed by atoms with Crippen LogP contribution in [0.15, 0.2) is 30.3 Å². The minimum atomic E-state index is -0.375. The normalized spacial score (nSPS) is 17.1. The van der Waals surface area contributed by atoms with Crippen molar-refractivity contribution in [1.29, 1.82) is 0 Å². The molecule has 2 amide bonds. The number of hydrogen-bond donors (Lipinski definition) is 2. The molecule has 10 heteroatoms. The Labute approximate surface area is 187 Å². The Bertz CT molecular complexity index is 882. The topological polar surface area (TPSA) is 101 Å². The Morgan fingerprint density at radius 2 is 1.69 bits per heavy atom. The zero-order valence-electron chi connectivity index (χ0n) is 18.4. The van der Waals surface area contributed by atoms with E-state index in [-0.39, 0.29) is 12.0 Å². The van der Waals surface area contributed by atoms with Gasteiger partial charge in [-0.25, -0.2) is 4.79 Å². The van der Waals surface area contributed by atoms with E-state index in [2.05, 4.69) is 30.4 Å².